The van der Waals surface area contributed by atoms with Crippen molar-refractivity contribution in [2.45, 2.75) is 44.7 Å². The number of para-hydroxylation sites is 1. The molecule has 2 aromatic carbocycles. The number of carbonyl (C=O) groups excluding carboxylic acids is 3. The zero-order valence-electron chi connectivity index (χ0n) is 20.9. The maximum atomic E-state index is 13.4. The minimum Gasteiger partial charge on any atom is -0.369 e. The topological polar surface area (TPSA) is 114 Å². The molecule has 4 N–H and O–H groups in total. The summed E-state index contributed by atoms with van der Waals surface area (Å²) in [7, 11) is 0. The first-order valence-corrected chi connectivity index (χ1v) is 12.4. The highest BCUT2D eigenvalue weighted by atomic mass is 35.5. The number of primary amides is 1. The summed E-state index contributed by atoms with van der Waals surface area (Å²) in [5.74, 6) is -9.59. The number of carbonyl (C=O) groups is 3. The Hall–Kier alpha value is -3.61. The van der Waals surface area contributed by atoms with Gasteiger partial charge in [0.05, 0.1) is 28.3 Å². The first-order valence-electron chi connectivity index (χ1n) is 12.0. The van der Waals surface area contributed by atoms with Gasteiger partial charge in [0.1, 0.15) is 0 Å². The summed E-state index contributed by atoms with van der Waals surface area (Å²) in [6.45, 7) is 0.727. The number of hydrogen-bond donors (Lipinski definition) is 3. The normalized spacial score (nSPS) is 17.9. The Morgan fingerprint density at radius 1 is 1.05 bits per heavy atom. The highest BCUT2D eigenvalue weighted by molar-refractivity contribution is 6.36. The van der Waals surface area contributed by atoms with Crippen LogP contribution in [0.5, 0.6) is 0 Å². The smallest absolute Gasteiger partial charge is 0.369 e. The number of rotatable bonds is 9. The van der Waals surface area contributed by atoms with Gasteiger partial charge in [0.2, 0.25) is 18.0 Å². The lowest BCUT2D eigenvalue weighted by Crippen LogP contribution is -2.49. The fraction of sp³-hybridized carbons (Fsp3) is 0.385. The monoisotopic (exact) mass is 590 g/mol. The van der Waals surface area contributed by atoms with Crippen LogP contribution < -0.4 is 16.4 Å². The van der Waals surface area contributed by atoms with Crippen LogP contribution in [0.3, 0.4) is 0 Å². The predicted molar refractivity (Wildman–Crippen MR) is 135 cm³/mol. The van der Waals surface area contributed by atoms with Gasteiger partial charge in [-0.3, -0.25) is 14.4 Å². The third-order valence-corrected chi connectivity index (χ3v) is 6.76. The van der Waals surface area contributed by atoms with E-state index in [4.69, 9.17) is 17.3 Å². The molecule has 0 aromatic heterocycles. The van der Waals surface area contributed by atoms with Crippen LogP contribution in [0.25, 0.3) is 0 Å². The SMILES string of the molecule is C[C@H](C[C@H](C(=O)N[C@H]1N=C(c2ccccc2)c2cccc(Cl)c2NC1=O)[C@@H](CCC(F)(F)F)C(N)=O)C(F)(F)F. The minimum absolute atomic E-state index is 0.138. The third kappa shape index (κ3) is 7.74. The predicted octanol–water partition coefficient (Wildman–Crippen LogP) is 5.22. The van der Waals surface area contributed by atoms with Crippen molar-refractivity contribution in [1.29, 1.82) is 0 Å². The lowest BCUT2D eigenvalue weighted by atomic mass is 9.80. The van der Waals surface area contributed by atoms with E-state index >= 15 is 0 Å². The van der Waals surface area contributed by atoms with Crippen LogP contribution in [0.2, 0.25) is 5.02 Å². The zero-order chi connectivity index (χ0) is 29.8. The number of benzodiazepines with no additional fused rings is 1. The van der Waals surface area contributed by atoms with Crippen molar-refractivity contribution in [3.8, 4) is 0 Å². The molecule has 0 radical (unpaired) electrons. The van der Waals surface area contributed by atoms with Gasteiger partial charge in [0, 0.05) is 23.5 Å². The molecule has 7 nitrogen and oxygen atoms in total. The molecule has 1 aliphatic heterocycles. The summed E-state index contributed by atoms with van der Waals surface area (Å²) >= 11 is 6.28. The summed E-state index contributed by atoms with van der Waals surface area (Å²) in [5, 5.41) is 4.88. The average Bonchev–Trinajstić information content (AvgIpc) is 2.99. The Bertz CT molecular complexity index is 1280. The van der Waals surface area contributed by atoms with Crippen molar-refractivity contribution >= 4 is 40.7 Å². The van der Waals surface area contributed by atoms with Crippen molar-refractivity contribution in [3.05, 3.63) is 64.7 Å². The quantitative estimate of drug-likeness (QED) is 0.348. The fourth-order valence-corrected chi connectivity index (χ4v) is 4.51. The maximum absolute atomic E-state index is 13.4. The van der Waals surface area contributed by atoms with Crippen LogP contribution in [0, 0.1) is 17.8 Å². The summed E-state index contributed by atoms with van der Waals surface area (Å²) in [4.78, 5) is 42.9. The van der Waals surface area contributed by atoms with Crippen LogP contribution in [0.1, 0.15) is 37.3 Å². The number of nitrogens with two attached hydrogens (primary N) is 1. The van der Waals surface area contributed by atoms with E-state index in [1.54, 1.807) is 42.5 Å². The largest absolute Gasteiger partial charge is 0.391 e. The second-order valence-electron chi connectivity index (χ2n) is 9.35. The van der Waals surface area contributed by atoms with Crippen molar-refractivity contribution in [1.82, 2.24) is 5.32 Å². The third-order valence-electron chi connectivity index (χ3n) is 6.44. The van der Waals surface area contributed by atoms with E-state index < -0.39 is 73.3 Å². The summed E-state index contributed by atoms with van der Waals surface area (Å²) in [6, 6.07) is 13.1. The van der Waals surface area contributed by atoms with Gasteiger partial charge in [-0.25, -0.2) is 4.99 Å². The second-order valence-corrected chi connectivity index (χ2v) is 9.76. The Labute approximate surface area is 230 Å². The molecule has 216 valence electrons. The van der Waals surface area contributed by atoms with Gasteiger partial charge in [-0.15, -0.1) is 0 Å². The number of hydrogen-bond acceptors (Lipinski definition) is 4. The van der Waals surface area contributed by atoms with Crippen LogP contribution in [0.4, 0.5) is 32.0 Å². The van der Waals surface area contributed by atoms with Crippen LogP contribution in [0.15, 0.2) is 53.5 Å². The molecule has 0 saturated heterocycles. The number of nitrogens with one attached hydrogen (secondary N) is 2. The first kappa shape index (κ1) is 30.9. The Kier molecular flexibility index (Phi) is 9.49. The van der Waals surface area contributed by atoms with Crippen LogP contribution >= 0.6 is 11.6 Å². The maximum Gasteiger partial charge on any atom is 0.391 e. The molecule has 14 heteroatoms. The van der Waals surface area contributed by atoms with Gasteiger partial charge < -0.3 is 16.4 Å². The van der Waals surface area contributed by atoms with E-state index in [-0.39, 0.29) is 16.4 Å². The lowest BCUT2D eigenvalue weighted by molar-refractivity contribution is -0.177. The number of anilines is 1. The standard InChI is InChI=1S/C26H25ClF6N4O3/c1-13(26(31,32)33)12-17(15(21(34)38)10-11-25(28,29)30)23(39)37-22-24(40)36-20-16(8-5-9-18(20)27)19(35-22)14-6-3-2-4-7-14/h2-9,13,15,17,22H,10-12H2,1H3,(H2,34,38)(H,36,40)(H,37,39)/t13-,15-,17+,22-/m1/s1. The highest BCUT2D eigenvalue weighted by Gasteiger charge is 2.44. The Morgan fingerprint density at radius 2 is 1.70 bits per heavy atom. The molecular weight excluding hydrogens is 566 g/mol. The molecule has 3 amide bonds. The van der Waals surface area contributed by atoms with Crippen molar-refractivity contribution in [2.24, 2.45) is 28.5 Å². The molecule has 0 saturated carbocycles. The fourth-order valence-electron chi connectivity index (χ4n) is 4.29. The molecule has 0 spiro atoms. The molecular formula is C26H25ClF6N4O3. The van der Waals surface area contributed by atoms with Crippen molar-refractivity contribution < 1.29 is 40.7 Å². The number of benzene rings is 2. The number of amides is 3. The molecule has 0 unspecified atom stereocenters. The lowest BCUT2D eigenvalue weighted by Gasteiger charge is -2.28. The molecule has 4 atom stereocenters. The van der Waals surface area contributed by atoms with Gasteiger partial charge in [0.25, 0.3) is 5.91 Å². The molecule has 0 aliphatic carbocycles. The molecule has 0 bridgehead atoms. The number of alkyl halides is 6. The van der Waals surface area contributed by atoms with Gasteiger partial charge in [-0.1, -0.05) is 61.0 Å². The van der Waals surface area contributed by atoms with Gasteiger partial charge >= 0.3 is 12.4 Å². The number of nitrogens with zero attached hydrogens (tertiary/aromatic N) is 1. The number of halogens is 7. The summed E-state index contributed by atoms with van der Waals surface area (Å²) < 4.78 is 78.9. The highest BCUT2D eigenvalue weighted by Crippen LogP contribution is 2.36. The van der Waals surface area contributed by atoms with Crippen LogP contribution in [-0.4, -0.2) is 42.0 Å². The second kappa shape index (κ2) is 12.3. The Morgan fingerprint density at radius 3 is 2.27 bits per heavy atom. The van der Waals surface area contributed by atoms with E-state index in [0.29, 0.717) is 11.1 Å². The Balaban J connectivity index is 2.02. The van der Waals surface area contributed by atoms with E-state index in [2.05, 4.69) is 15.6 Å². The zero-order valence-corrected chi connectivity index (χ0v) is 21.7. The minimum atomic E-state index is -4.82. The van der Waals surface area contributed by atoms with E-state index in [1.165, 1.54) is 6.07 Å². The summed E-state index contributed by atoms with van der Waals surface area (Å²) in [5.41, 5.74) is 6.51. The molecule has 40 heavy (non-hydrogen) atoms. The average molecular weight is 591 g/mol. The molecule has 2 aromatic rings. The molecule has 3 rings (SSSR count). The number of aliphatic imine (C=N–C) groups is 1. The van der Waals surface area contributed by atoms with Crippen molar-refractivity contribution in [2.75, 3.05) is 5.32 Å². The van der Waals surface area contributed by atoms with E-state index in [9.17, 15) is 40.7 Å². The molecule has 1 aliphatic rings. The van der Waals surface area contributed by atoms with Crippen LogP contribution in [-0.2, 0) is 14.4 Å². The number of fused-ring (bicyclic) bond motifs is 1. The molecule has 0 fully saturated rings. The van der Waals surface area contributed by atoms with Crippen molar-refractivity contribution in [3.63, 3.8) is 0 Å². The summed E-state index contributed by atoms with van der Waals surface area (Å²) in [6.07, 6.45) is -14.9. The van der Waals surface area contributed by atoms with Gasteiger partial charge in [-0.05, 0) is 18.9 Å². The van der Waals surface area contributed by atoms with Gasteiger partial charge in [-0.2, -0.15) is 26.3 Å². The van der Waals surface area contributed by atoms with E-state index in [0.717, 1.165) is 6.92 Å². The molecule has 1 heterocycles. The van der Waals surface area contributed by atoms with E-state index in [1.807, 2.05) is 0 Å². The first-order chi connectivity index (χ1) is 18.6. The van der Waals surface area contributed by atoms with Gasteiger partial charge in [0.15, 0.2) is 0 Å².